The van der Waals surface area contributed by atoms with Gasteiger partial charge < -0.3 is 9.47 Å². The van der Waals surface area contributed by atoms with Crippen LogP contribution in [0.5, 0.6) is 0 Å². The minimum atomic E-state index is -0.835. The zero-order valence-electron chi connectivity index (χ0n) is 22.9. The minimum absolute atomic E-state index is 0.0742. The molecule has 3 unspecified atom stereocenters. The number of amides is 4. The normalized spacial score (nSPS) is 19.2. The summed E-state index contributed by atoms with van der Waals surface area (Å²) < 4.78 is 24.0. The van der Waals surface area contributed by atoms with E-state index in [0.717, 1.165) is 20.9 Å². The molecule has 0 saturated carbocycles. The van der Waals surface area contributed by atoms with Crippen LogP contribution in [0.25, 0.3) is 0 Å². The van der Waals surface area contributed by atoms with Crippen LogP contribution in [0.15, 0.2) is 97.1 Å². The molecule has 2 aliphatic rings. The molecule has 2 saturated heterocycles. The van der Waals surface area contributed by atoms with E-state index in [1.165, 1.54) is 18.2 Å². The van der Waals surface area contributed by atoms with Gasteiger partial charge >= 0.3 is 12.2 Å². The Hall–Kier alpha value is -4.79. The molecule has 3 aromatic carbocycles. The number of carbonyl (C=O) groups is 4. The Kier molecular flexibility index (Phi) is 9.06. The van der Waals surface area contributed by atoms with Crippen molar-refractivity contribution in [2.24, 2.45) is 5.92 Å². The maximum Gasteiger partial charge on any atom is 0.417 e. The Bertz CT molecular complexity index is 1440. The van der Waals surface area contributed by atoms with Gasteiger partial charge in [0, 0.05) is 6.42 Å². The molecule has 5 rings (SSSR count). The molecule has 2 aliphatic heterocycles. The smallest absolute Gasteiger partial charge is 0.417 e. The lowest BCUT2D eigenvalue weighted by molar-refractivity contribution is -0.132. The summed E-state index contributed by atoms with van der Waals surface area (Å²) in [6.45, 7) is 0.180. The molecule has 216 valence electrons. The second-order valence-corrected chi connectivity index (χ2v) is 10.4. The van der Waals surface area contributed by atoms with Crippen LogP contribution in [-0.4, -0.2) is 59.1 Å². The number of ether oxygens (including phenoxy) is 2. The molecule has 42 heavy (non-hydrogen) atoms. The van der Waals surface area contributed by atoms with Gasteiger partial charge in [-0.25, -0.2) is 23.8 Å². The topological polar surface area (TPSA) is 93.2 Å². The molecule has 2 heterocycles. The molecule has 3 atom stereocenters. The third kappa shape index (κ3) is 6.91. The quantitative estimate of drug-likeness (QED) is 0.315. The number of cyclic esters (lactones) is 2. The lowest BCUT2D eigenvalue weighted by Crippen LogP contribution is -2.43. The summed E-state index contributed by atoms with van der Waals surface area (Å²) in [6.07, 6.45) is 2.61. The van der Waals surface area contributed by atoms with Crippen molar-refractivity contribution in [3.63, 3.8) is 0 Å². The van der Waals surface area contributed by atoms with Gasteiger partial charge in [-0.2, -0.15) is 0 Å². The Morgan fingerprint density at radius 3 is 1.86 bits per heavy atom. The van der Waals surface area contributed by atoms with E-state index >= 15 is 0 Å². The van der Waals surface area contributed by atoms with Crippen LogP contribution >= 0.6 is 0 Å². The van der Waals surface area contributed by atoms with Gasteiger partial charge in [-0.3, -0.25) is 9.59 Å². The molecule has 2 fully saturated rings. The second kappa shape index (κ2) is 13.2. The highest BCUT2D eigenvalue weighted by Gasteiger charge is 2.40. The lowest BCUT2D eigenvalue weighted by Gasteiger charge is -2.24. The van der Waals surface area contributed by atoms with Gasteiger partial charge in [0.05, 0.1) is 18.0 Å². The summed E-state index contributed by atoms with van der Waals surface area (Å²) in [5, 5.41) is 0. The number of halogens is 1. The van der Waals surface area contributed by atoms with Gasteiger partial charge in [0.2, 0.25) is 11.8 Å². The van der Waals surface area contributed by atoms with Crippen LogP contribution in [0, 0.1) is 11.7 Å². The molecule has 0 spiro atoms. The Labute approximate surface area is 243 Å². The highest BCUT2D eigenvalue weighted by atomic mass is 19.1. The average Bonchev–Trinajstić information content (AvgIpc) is 3.55. The Balaban J connectivity index is 1.31. The van der Waals surface area contributed by atoms with Gasteiger partial charge in [0.15, 0.2) is 0 Å². The first-order valence-corrected chi connectivity index (χ1v) is 13.9. The fourth-order valence-corrected chi connectivity index (χ4v) is 5.29. The molecule has 0 bridgehead atoms. The number of hydrogen-bond donors (Lipinski definition) is 0. The van der Waals surface area contributed by atoms with Crippen molar-refractivity contribution >= 4 is 24.0 Å². The van der Waals surface area contributed by atoms with Crippen LogP contribution < -0.4 is 0 Å². The number of imide groups is 2. The first-order valence-electron chi connectivity index (χ1n) is 13.9. The average molecular weight is 571 g/mol. The summed E-state index contributed by atoms with van der Waals surface area (Å²) in [7, 11) is 0. The zero-order chi connectivity index (χ0) is 29.5. The molecule has 9 heteroatoms. The van der Waals surface area contributed by atoms with E-state index < -0.39 is 47.8 Å². The molecule has 0 N–H and O–H groups in total. The standard InChI is InChI=1S/C33H31FN2O6/c34-27-16-14-25(15-17-27)18-26(31(38)36-29(22-42-33(36)40)20-24-10-5-2-6-11-24)12-7-13-30(37)35-28(21-41-32(35)39)19-23-8-3-1-4-9-23/h1-12,14-17,26,28-29H,13,18-22H2. The van der Waals surface area contributed by atoms with Gasteiger partial charge in [0.1, 0.15) is 19.0 Å². The first kappa shape index (κ1) is 28.7. The Morgan fingerprint density at radius 1 is 0.762 bits per heavy atom. The van der Waals surface area contributed by atoms with Gasteiger partial charge in [-0.15, -0.1) is 0 Å². The van der Waals surface area contributed by atoms with Crippen molar-refractivity contribution < 1.29 is 33.0 Å². The first-order chi connectivity index (χ1) is 20.4. The molecule has 3 aromatic rings. The summed E-state index contributed by atoms with van der Waals surface area (Å²) >= 11 is 0. The van der Waals surface area contributed by atoms with Crippen LogP contribution in [0.4, 0.5) is 14.0 Å². The zero-order valence-corrected chi connectivity index (χ0v) is 22.9. The third-order valence-corrected chi connectivity index (χ3v) is 7.40. The van der Waals surface area contributed by atoms with E-state index in [9.17, 15) is 23.6 Å². The van der Waals surface area contributed by atoms with Crippen molar-refractivity contribution in [3.05, 3.63) is 120 Å². The third-order valence-electron chi connectivity index (χ3n) is 7.40. The number of nitrogens with zero attached hydrogens (tertiary/aromatic N) is 2. The molecule has 8 nitrogen and oxygen atoms in total. The number of hydrogen-bond acceptors (Lipinski definition) is 6. The van der Waals surface area contributed by atoms with Gasteiger partial charge in [-0.1, -0.05) is 84.9 Å². The number of benzene rings is 3. The highest BCUT2D eigenvalue weighted by Crippen LogP contribution is 2.24. The van der Waals surface area contributed by atoms with Crippen molar-refractivity contribution in [1.82, 2.24) is 9.80 Å². The van der Waals surface area contributed by atoms with E-state index in [2.05, 4.69) is 0 Å². The molecular formula is C33H31FN2O6. The SMILES string of the molecule is O=C(CC=CC(Cc1ccc(F)cc1)C(=O)N1C(=O)OCC1Cc1ccccc1)N1C(=O)OCC1Cc1ccccc1. The molecule has 0 aromatic heterocycles. The monoisotopic (exact) mass is 570 g/mol. The van der Waals surface area contributed by atoms with E-state index in [0.29, 0.717) is 18.4 Å². The Morgan fingerprint density at radius 2 is 1.29 bits per heavy atom. The summed E-state index contributed by atoms with van der Waals surface area (Å²) in [6, 6.07) is 23.8. The summed E-state index contributed by atoms with van der Waals surface area (Å²) in [4.78, 5) is 54.3. The van der Waals surface area contributed by atoms with Gasteiger partial charge in [-0.05, 0) is 48.1 Å². The van der Waals surface area contributed by atoms with Gasteiger partial charge in [0.25, 0.3) is 0 Å². The number of rotatable bonds is 10. The second-order valence-electron chi connectivity index (χ2n) is 10.4. The number of carbonyl (C=O) groups excluding carboxylic acids is 4. The van der Waals surface area contributed by atoms with Crippen LogP contribution in [0.1, 0.15) is 23.1 Å². The van der Waals surface area contributed by atoms with Crippen molar-refractivity contribution in [3.8, 4) is 0 Å². The predicted octanol–water partition coefficient (Wildman–Crippen LogP) is 5.11. The van der Waals surface area contributed by atoms with Crippen LogP contribution in [-0.2, 0) is 38.3 Å². The fourth-order valence-electron chi connectivity index (χ4n) is 5.29. The molecule has 0 radical (unpaired) electrons. The van der Waals surface area contributed by atoms with E-state index in [1.807, 2.05) is 60.7 Å². The molecule has 4 amide bonds. The van der Waals surface area contributed by atoms with Crippen molar-refractivity contribution in [2.75, 3.05) is 13.2 Å². The lowest BCUT2D eigenvalue weighted by atomic mass is 9.95. The summed E-state index contributed by atoms with van der Waals surface area (Å²) in [5.41, 5.74) is 2.61. The highest BCUT2D eigenvalue weighted by molar-refractivity contribution is 5.96. The maximum atomic E-state index is 13.8. The molecular weight excluding hydrogens is 539 g/mol. The van der Waals surface area contributed by atoms with Crippen LogP contribution in [0.3, 0.4) is 0 Å². The van der Waals surface area contributed by atoms with E-state index in [-0.39, 0.29) is 26.1 Å². The predicted molar refractivity (Wildman–Crippen MR) is 152 cm³/mol. The summed E-state index contributed by atoms with van der Waals surface area (Å²) in [5.74, 6) is -2.17. The van der Waals surface area contributed by atoms with E-state index in [1.54, 1.807) is 18.2 Å². The molecule has 0 aliphatic carbocycles. The largest absolute Gasteiger partial charge is 0.447 e. The fraction of sp³-hybridized carbons (Fsp3) is 0.273. The maximum absolute atomic E-state index is 13.8. The van der Waals surface area contributed by atoms with Crippen molar-refractivity contribution in [2.45, 2.75) is 37.8 Å². The van der Waals surface area contributed by atoms with E-state index in [4.69, 9.17) is 9.47 Å². The van der Waals surface area contributed by atoms with Crippen molar-refractivity contribution in [1.29, 1.82) is 0 Å². The van der Waals surface area contributed by atoms with Crippen LogP contribution in [0.2, 0.25) is 0 Å². The minimum Gasteiger partial charge on any atom is -0.447 e.